The number of aromatic nitrogens is 3. The van der Waals surface area contributed by atoms with Crippen LogP contribution in [0.15, 0.2) is 62.5 Å². The summed E-state index contributed by atoms with van der Waals surface area (Å²) in [6.45, 7) is 3.07. The maximum Gasteiger partial charge on any atom is 0.436 e. The summed E-state index contributed by atoms with van der Waals surface area (Å²) in [5.74, 6) is -1.44. The fraction of sp³-hybridized carbons (Fsp3) is 0.269. The van der Waals surface area contributed by atoms with Gasteiger partial charge in [-0.2, -0.15) is 18.4 Å². The van der Waals surface area contributed by atoms with E-state index in [0.29, 0.717) is 17.4 Å². The largest absolute Gasteiger partial charge is 0.444 e. The number of carbonyl (C=O) groups excluding carboxylic acids is 1. The highest BCUT2D eigenvalue weighted by Gasteiger charge is 2.37. The predicted octanol–water partition coefficient (Wildman–Crippen LogP) is 3.86. The number of alkyl halides is 3. The number of fused-ring (bicyclic) bond motifs is 1. The van der Waals surface area contributed by atoms with Crippen LogP contribution >= 0.6 is 0 Å². The van der Waals surface area contributed by atoms with Crippen LogP contribution in [-0.4, -0.2) is 41.3 Å². The third-order valence-electron chi connectivity index (χ3n) is 6.39. The Hall–Kier alpha value is -4.55. The van der Waals surface area contributed by atoms with Crippen LogP contribution in [0.2, 0.25) is 0 Å². The van der Waals surface area contributed by atoms with Gasteiger partial charge in [0.15, 0.2) is 15.5 Å². The number of nitriles is 1. The van der Waals surface area contributed by atoms with Gasteiger partial charge in [0.1, 0.15) is 11.7 Å². The van der Waals surface area contributed by atoms with Gasteiger partial charge in [-0.3, -0.25) is 4.79 Å². The zero-order valence-electron chi connectivity index (χ0n) is 21.5. The molecule has 1 atom stereocenters. The molecule has 0 saturated carbocycles. The first-order chi connectivity index (χ1) is 19.2. The topological polar surface area (TPSA) is 169 Å². The van der Waals surface area contributed by atoms with E-state index in [2.05, 4.69) is 21.3 Å². The maximum absolute atomic E-state index is 13.3. The molecule has 0 fully saturated rings. The van der Waals surface area contributed by atoms with Gasteiger partial charge in [-0.05, 0) is 49.7 Å². The normalized spacial score (nSPS) is 17.1. The molecule has 0 bridgehead atoms. The summed E-state index contributed by atoms with van der Waals surface area (Å²) < 4.78 is 75.5. The van der Waals surface area contributed by atoms with Gasteiger partial charge in [-0.25, -0.2) is 13.4 Å². The van der Waals surface area contributed by atoms with E-state index in [4.69, 9.17) is 14.6 Å². The van der Waals surface area contributed by atoms with Crippen LogP contribution in [0.5, 0.6) is 0 Å². The molecule has 2 aromatic heterocycles. The molecule has 15 heteroatoms. The molecular formula is C26H21F3N6O5S. The number of amides is 1. The number of oxazole rings is 1. The number of nitrogens with two attached hydrogens (primary N) is 1. The monoisotopic (exact) mass is 586 g/mol. The number of halogens is 3. The Labute approximate surface area is 231 Å². The van der Waals surface area contributed by atoms with Crippen LogP contribution in [0.3, 0.4) is 0 Å². The molecule has 0 saturated heterocycles. The van der Waals surface area contributed by atoms with Gasteiger partial charge < -0.3 is 19.5 Å². The minimum atomic E-state index is -4.66. The van der Waals surface area contributed by atoms with Crippen molar-refractivity contribution >= 4 is 21.4 Å². The second kappa shape index (κ2) is 9.82. The molecule has 4 aromatic rings. The van der Waals surface area contributed by atoms with Gasteiger partial charge in [0, 0.05) is 11.1 Å². The van der Waals surface area contributed by atoms with Crippen molar-refractivity contribution in [2.24, 2.45) is 5.73 Å². The Bertz CT molecular complexity index is 1790. The standard InChI is InChI=1S/C26H21F3N6O5S/c1-25(2,13-30)24-34-33-22(40-24)16-7-8-19-18(9-16)35(23(36)17(31)12-41(19,37)38)10-14-3-5-15(6-4-14)21-32-20(11-39-21)26(27,28)29/h3-9,11,17H,10,12,31H2,1-2H3/t17-/m0/s1. The molecule has 2 N–H and O–H groups in total. The molecule has 11 nitrogen and oxygen atoms in total. The summed E-state index contributed by atoms with van der Waals surface area (Å²) in [7, 11) is -3.97. The van der Waals surface area contributed by atoms with Crippen molar-refractivity contribution in [3.63, 3.8) is 0 Å². The second-order valence-corrected chi connectivity index (χ2v) is 11.9. The van der Waals surface area contributed by atoms with Crippen molar-refractivity contribution in [1.82, 2.24) is 15.2 Å². The fourth-order valence-corrected chi connectivity index (χ4v) is 5.67. The molecular weight excluding hydrogens is 565 g/mol. The molecule has 3 heterocycles. The van der Waals surface area contributed by atoms with Crippen molar-refractivity contribution in [2.75, 3.05) is 10.7 Å². The number of sulfone groups is 1. The minimum absolute atomic E-state index is 0.0120. The van der Waals surface area contributed by atoms with Crippen molar-refractivity contribution in [3.8, 4) is 29.0 Å². The van der Waals surface area contributed by atoms with Crippen molar-refractivity contribution in [2.45, 2.75) is 42.9 Å². The summed E-state index contributed by atoms with van der Waals surface area (Å²) in [4.78, 5) is 17.9. The first kappa shape index (κ1) is 28.0. The highest BCUT2D eigenvalue weighted by molar-refractivity contribution is 7.91. The quantitative estimate of drug-likeness (QED) is 0.362. The molecule has 0 unspecified atom stereocenters. The molecule has 2 aromatic carbocycles. The number of benzene rings is 2. The number of carbonyl (C=O) groups is 1. The smallest absolute Gasteiger partial charge is 0.436 e. The van der Waals surface area contributed by atoms with Crippen molar-refractivity contribution < 1.29 is 35.2 Å². The molecule has 41 heavy (non-hydrogen) atoms. The molecule has 212 valence electrons. The van der Waals surface area contributed by atoms with E-state index in [1.54, 1.807) is 26.0 Å². The lowest BCUT2D eigenvalue weighted by Crippen LogP contribution is -2.45. The van der Waals surface area contributed by atoms with E-state index in [1.807, 2.05) is 0 Å². The molecule has 1 amide bonds. The number of anilines is 1. The number of hydrogen-bond acceptors (Lipinski definition) is 10. The number of hydrogen-bond donors (Lipinski definition) is 1. The fourth-order valence-electron chi connectivity index (χ4n) is 4.12. The average molecular weight is 587 g/mol. The average Bonchev–Trinajstić information content (AvgIpc) is 3.61. The van der Waals surface area contributed by atoms with Gasteiger partial charge >= 0.3 is 6.18 Å². The van der Waals surface area contributed by atoms with E-state index in [-0.39, 0.29) is 40.4 Å². The molecule has 0 spiro atoms. The Balaban J connectivity index is 1.52. The first-order valence-electron chi connectivity index (χ1n) is 12.0. The first-order valence-corrected chi connectivity index (χ1v) is 13.7. The molecule has 1 aliphatic rings. The molecule has 0 aliphatic carbocycles. The highest BCUT2D eigenvalue weighted by atomic mass is 32.2. The maximum atomic E-state index is 13.3. The second-order valence-electron chi connectivity index (χ2n) is 9.88. The Kier molecular flexibility index (Phi) is 6.71. The van der Waals surface area contributed by atoms with Gasteiger partial charge in [0.2, 0.25) is 23.6 Å². The minimum Gasteiger partial charge on any atom is -0.444 e. The van der Waals surface area contributed by atoms with Gasteiger partial charge in [-0.1, -0.05) is 12.1 Å². The Morgan fingerprint density at radius 3 is 2.41 bits per heavy atom. The van der Waals surface area contributed by atoms with Crippen LogP contribution in [0.1, 0.15) is 31.0 Å². The number of rotatable bonds is 5. The van der Waals surface area contributed by atoms with Crippen LogP contribution < -0.4 is 10.6 Å². The van der Waals surface area contributed by atoms with Crippen molar-refractivity contribution in [1.29, 1.82) is 5.26 Å². The van der Waals surface area contributed by atoms with E-state index >= 15 is 0 Å². The number of nitrogens with zero attached hydrogens (tertiary/aromatic N) is 5. The van der Waals surface area contributed by atoms with E-state index in [1.165, 1.54) is 35.2 Å². The van der Waals surface area contributed by atoms with Crippen LogP contribution in [0.4, 0.5) is 18.9 Å². The lowest BCUT2D eigenvalue weighted by Gasteiger charge is -2.24. The van der Waals surface area contributed by atoms with Crippen LogP contribution in [0.25, 0.3) is 22.9 Å². The highest BCUT2D eigenvalue weighted by Crippen LogP contribution is 2.36. The van der Waals surface area contributed by atoms with E-state index in [0.717, 1.165) is 0 Å². The summed E-state index contributed by atoms with van der Waals surface area (Å²) >= 11 is 0. The predicted molar refractivity (Wildman–Crippen MR) is 137 cm³/mol. The molecule has 5 rings (SSSR count). The van der Waals surface area contributed by atoms with Crippen LogP contribution in [0, 0.1) is 11.3 Å². The van der Waals surface area contributed by atoms with E-state index in [9.17, 15) is 31.6 Å². The summed E-state index contributed by atoms with van der Waals surface area (Å²) in [5.41, 5.74) is 4.86. The molecule has 0 radical (unpaired) electrons. The lowest BCUT2D eigenvalue weighted by atomic mass is 9.96. The SMILES string of the molecule is CC(C)(C#N)c1nnc(-c2ccc3c(c2)N(Cc2ccc(-c4nc(C(F)(F)F)co4)cc2)C(=O)[C@@H](N)CS3(=O)=O)o1. The summed E-state index contributed by atoms with van der Waals surface area (Å²) in [6.07, 6.45) is -4.14. The Morgan fingerprint density at radius 2 is 1.78 bits per heavy atom. The summed E-state index contributed by atoms with van der Waals surface area (Å²) in [5, 5.41) is 17.3. The Morgan fingerprint density at radius 1 is 1.10 bits per heavy atom. The third kappa shape index (κ3) is 5.31. The van der Waals surface area contributed by atoms with Gasteiger partial charge in [-0.15, -0.1) is 10.2 Å². The van der Waals surface area contributed by atoms with E-state index < -0.39 is 44.8 Å². The van der Waals surface area contributed by atoms with Crippen LogP contribution in [-0.2, 0) is 32.8 Å². The van der Waals surface area contributed by atoms with Gasteiger partial charge in [0.25, 0.3) is 0 Å². The zero-order chi connectivity index (χ0) is 29.7. The van der Waals surface area contributed by atoms with Crippen molar-refractivity contribution in [3.05, 3.63) is 65.9 Å². The molecule has 1 aliphatic heterocycles. The van der Waals surface area contributed by atoms with Gasteiger partial charge in [0.05, 0.1) is 35.0 Å². The third-order valence-corrected chi connectivity index (χ3v) is 8.20. The summed E-state index contributed by atoms with van der Waals surface area (Å²) in [6, 6.07) is 10.9. The zero-order valence-corrected chi connectivity index (χ0v) is 22.3. The lowest BCUT2D eigenvalue weighted by molar-refractivity contribution is -0.141.